The Hall–Kier alpha value is -0.870. The smallest absolute Gasteiger partial charge is 0.122 e. The SMILES string of the molecule is COc1cc(C[C@H](C)N)c(OC)cc1CCSC. The number of benzene rings is 1. The normalized spacial score (nSPS) is 12.3. The molecule has 2 N–H and O–H groups in total. The average molecular weight is 269 g/mol. The summed E-state index contributed by atoms with van der Waals surface area (Å²) in [4.78, 5) is 0. The summed E-state index contributed by atoms with van der Waals surface area (Å²) >= 11 is 1.83. The van der Waals surface area contributed by atoms with Gasteiger partial charge in [-0.05, 0) is 55.0 Å². The highest BCUT2D eigenvalue weighted by Crippen LogP contribution is 2.30. The quantitative estimate of drug-likeness (QED) is 0.826. The van der Waals surface area contributed by atoms with E-state index in [1.165, 1.54) is 5.56 Å². The maximum absolute atomic E-state index is 5.86. The Bertz CT molecular complexity index is 380. The third-order valence-corrected chi connectivity index (χ3v) is 3.41. The van der Waals surface area contributed by atoms with Crippen LogP contribution in [-0.4, -0.2) is 32.3 Å². The predicted octanol–water partition coefficient (Wildman–Crippen LogP) is 2.50. The molecular formula is C14H23NO2S. The van der Waals surface area contributed by atoms with Gasteiger partial charge in [-0.25, -0.2) is 0 Å². The summed E-state index contributed by atoms with van der Waals surface area (Å²) in [6.07, 6.45) is 3.88. The van der Waals surface area contributed by atoms with Crippen LogP contribution in [-0.2, 0) is 12.8 Å². The second-order valence-corrected chi connectivity index (χ2v) is 5.39. The molecule has 0 aromatic heterocycles. The number of hydrogen-bond donors (Lipinski definition) is 1. The number of nitrogens with two attached hydrogens (primary N) is 1. The average Bonchev–Trinajstić information content (AvgIpc) is 2.35. The fourth-order valence-corrected chi connectivity index (χ4v) is 2.36. The molecule has 0 saturated heterocycles. The topological polar surface area (TPSA) is 44.5 Å². The maximum Gasteiger partial charge on any atom is 0.122 e. The lowest BCUT2D eigenvalue weighted by Crippen LogP contribution is -2.18. The van der Waals surface area contributed by atoms with Gasteiger partial charge in [-0.2, -0.15) is 11.8 Å². The third-order valence-electron chi connectivity index (χ3n) is 2.80. The third kappa shape index (κ3) is 4.10. The van der Waals surface area contributed by atoms with Crippen LogP contribution >= 0.6 is 11.8 Å². The van der Waals surface area contributed by atoms with Crippen molar-refractivity contribution in [3.05, 3.63) is 23.3 Å². The molecule has 102 valence electrons. The van der Waals surface area contributed by atoms with Crippen LogP contribution in [0, 0.1) is 0 Å². The lowest BCUT2D eigenvalue weighted by atomic mass is 10.0. The fraction of sp³-hybridized carbons (Fsp3) is 0.571. The second-order valence-electron chi connectivity index (χ2n) is 4.40. The molecule has 18 heavy (non-hydrogen) atoms. The highest BCUT2D eigenvalue weighted by atomic mass is 32.2. The fourth-order valence-electron chi connectivity index (χ4n) is 1.94. The Balaban J connectivity index is 3.06. The summed E-state index contributed by atoms with van der Waals surface area (Å²) in [6.45, 7) is 1.99. The summed E-state index contributed by atoms with van der Waals surface area (Å²) in [6, 6.07) is 4.24. The van der Waals surface area contributed by atoms with Crippen molar-refractivity contribution >= 4 is 11.8 Å². The van der Waals surface area contributed by atoms with Gasteiger partial charge in [0.25, 0.3) is 0 Å². The highest BCUT2D eigenvalue weighted by Gasteiger charge is 2.12. The molecule has 1 aromatic rings. The molecule has 0 bridgehead atoms. The molecule has 0 aliphatic rings. The minimum absolute atomic E-state index is 0.112. The number of aryl methyl sites for hydroxylation is 1. The van der Waals surface area contributed by atoms with E-state index in [1.807, 2.05) is 18.7 Å². The zero-order chi connectivity index (χ0) is 13.5. The minimum Gasteiger partial charge on any atom is -0.496 e. The Morgan fingerprint density at radius 3 is 2.22 bits per heavy atom. The van der Waals surface area contributed by atoms with Gasteiger partial charge in [0.1, 0.15) is 11.5 Å². The van der Waals surface area contributed by atoms with E-state index in [1.54, 1.807) is 14.2 Å². The van der Waals surface area contributed by atoms with Gasteiger partial charge in [0.15, 0.2) is 0 Å². The van der Waals surface area contributed by atoms with Gasteiger partial charge in [-0.3, -0.25) is 0 Å². The van der Waals surface area contributed by atoms with Crippen LogP contribution in [0.2, 0.25) is 0 Å². The monoisotopic (exact) mass is 269 g/mol. The van der Waals surface area contributed by atoms with E-state index in [2.05, 4.69) is 18.4 Å². The van der Waals surface area contributed by atoms with Crippen molar-refractivity contribution in [2.24, 2.45) is 5.73 Å². The van der Waals surface area contributed by atoms with Crippen LogP contribution in [0.25, 0.3) is 0 Å². The summed E-state index contributed by atoms with van der Waals surface area (Å²) < 4.78 is 10.9. The minimum atomic E-state index is 0.112. The summed E-state index contributed by atoms with van der Waals surface area (Å²) in [5, 5.41) is 0. The second kappa shape index (κ2) is 7.54. The van der Waals surface area contributed by atoms with E-state index >= 15 is 0 Å². The van der Waals surface area contributed by atoms with Gasteiger partial charge in [-0.15, -0.1) is 0 Å². The lowest BCUT2D eigenvalue weighted by Gasteiger charge is -2.16. The number of rotatable bonds is 7. The number of ether oxygens (including phenoxy) is 2. The Kier molecular flexibility index (Phi) is 6.36. The summed E-state index contributed by atoms with van der Waals surface area (Å²) in [5.41, 5.74) is 8.16. The van der Waals surface area contributed by atoms with E-state index in [9.17, 15) is 0 Å². The standard InChI is InChI=1S/C14H23NO2S/c1-10(15)7-12-9-13(16-2)11(5-6-18-4)8-14(12)17-3/h8-10H,5-7,15H2,1-4H3/t10-/m0/s1. The van der Waals surface area contributed by atoms with Crippen molar-refractivity contribution in [1.82, 2.24) is 0 Å². The molecule has 0 aliphatic heterocycles. The molecule has 0 amide bonds. The van der Waals surface area contributed by atoms with Gasteiger partial charge >= 0.3 is 0 Å². The van der Waals surface area contributed by atoms with Crippen molar-refractivity contribution in [1.29, 1.82) is 0 Å². The number of hydrogen-bond acceptors (Lipinski definition) is 4. The van der Waals surface area contributed by atoms with Gasteiger partial charge < -0.3 is 15.2 Å². The first-order valence-corrected chi connectivity index (χ1v) is 7.50. The van der Waals surface area contributed by atoms with Crippen molar-refractivity contribution < 1.29 is 9.47 Å². The Morgan fingerprint density at radius 1 is 1.17 bits per heavy atom. The molecule has 1 aromatic carbocycles. The van der Waals surface area contributed by atoms with Gasteiger partial charge in [-0.1, -0.05) is 0 Å². The predicted molar refractivity (Wildman–Crippen MR) is 79.0 cm³/mol. The largest absolute Gasteiger partial charge is 0.496 e. The Labute approximate surface area is 114 Å². The number of thioether (sulfide) groups is 1. The first-order valence-electron chi connectivity index (χ1n) is 6.10. The molecular weight excluding hydrogens is 246 g/mol. The summed E-state index contributed by atoms with van der Waals surface area (Å²) in [5.74, 6) is 2.91. The van der Waals surface area contributed by atoms with Gasteiger partial charge in [0.2, 0.25) is 0 Å². The van der Waals surface area contributed by atoms with E-state index in [-0.39, 0.29) is 6.04 Å². The molecule has 3 nitrogen and oxygen atoms in total. The first-order chi connectivity index (χ1) is 8.62. The zero-order valence-electron chi connectivity index (χ0n) is 11.7. The Morgan fingerprint density at radius 2 is 1.72 bits per heavy atom. The highest BCUT2D eigenvalue weighted by molar-refractivity contribution is 7.98. The van der Waals surface area contributed by atoms with E-state index in [4.69, 9.17) is 15.2 Å². The molecule has 0 aliphatic carbocycles. The van der Waals surface area contributed by atoms with Crippen LogP contribution < -0.4 is 15.2 Å². The van der Waals surface area contributed by atoms with Crippen molar-refractivity contribution in [2.75, 3.05) is 26.2 Å². The van der Waals surface area contributed by atoms with E-state index in [0.717, 1.165) is 35.7 Å². The maximum atomic E-state index is 5.86. The van der Waals surface area contributed by atoms with Crippen molar-refractivity contribution in [2.45, 2.75) is 25.8 Å². The molecule has 0 radical (unpaired) electrons. The molecule has 4 heteroatoms. The van der Waals surface area contributed by atoms with Gasteiger partial charge in [0.05, 0.1) is 14.2 Å². The first kappa shape index (κ1) is 15.2. The summed E-state index contributed by atoms with van der Waals surface area (Å²) in [7, 11) is 3.41. The zero-order valence-corrected chi connectivity index (χ0v) is 12.5. The van der Waals surface area contributed by atoms with E-state index in [0.29, 0.717) is 0 Å². The molecule has 1 rings (SSSR count). The van der Waals surface area contributed by atoms with Crippen LogP contribution in [0.5, 0.6) is 11.5 Å². The van der Waals surface area contributed by atoms with Crippen LogP contribution in [0.4, 0.5) is 0 Å². The molecule has 0 unspecified atom stereocenters. The van der Waals surface area contributed by atoms with Gasteiger partial charge in [0, 0.05) is 6.04 Å². The van der Waals surface area contributed by atoms with E-state index < -0.39 is 0 Å². The van der Waals surface area contributed by atoms with Crippen molar-refractivity contribution in [3.8, 4) is 11.5 Å². The number of methoxy groups -OCH3 is 2. The molecule has 0 spiro atoms. The lowest BCUT2D eigenvalue weighted by molar-refractivity contribution is 0.394. The van der Waals surface area contributed by atoms with Crippen LogP contribution in [0.15, 0.2) is 12.1 Å². The van der Waals surface area contributed by atoms with Crippen molar-refractivity contribution in [3.63, 3.8) is 0 Å². The molecule has 0 saturated carbocycles. The van der Waals surface area contributed by atoms with Crippen LogP contribution in [0.3, 0.4) is 0 Å². The molecule has 1 atom stereocenters. The van der Waals surface area contributed by atoms with Crippen LogP contribution in [0.1, 0.15) is 18.1 Å². The molecule has 0 heterocycles. The molecule has 0 fully saturated rings.